The van der Waals surface area contributed by atoms with Gasteiger partial charge in [-0.05, 0) is 91.0 Å². The molecule has 0 radical (unpaired) electrons. The highest BCUT2D eigenvalue weighted by Crippen LogP contribution is 2.48. The zero-order valence-corrected chi connectivity index (χ0v) is 44.4. The van der Waals surface area contributed by atoms with E-state index >= 15 is 0 Å². The van der Waals surface area contributed by atoms with Crippen LogP contribution in [-0.2, 0) is 0 Å². The molecular formula is C76H48N6. The SMILES string of the molecule is c1ccc(-c2cc(-c3cccc(-n4c5ccccc5c5cc6c7ccccc7n(-c7ccccc7)c6cc54)c3-c3ccccc3-n3c4ccccc4c4cc5c6ccccc6n(-c6ccccc6)c5cc43)nc(-c3ccccc3)n2)cc1. The van der Waals surface area contributed by atoms with Crippen LogP contribution in [-0.4, -0.2) is 28.2 Å². The first kappa shape index (κ1) is 45.9. The van der Waals surface area contributed by atoms with E-state index in [1.54, 1.807) is 0 Å². The average Bonchev–Trinajstić information content (AvgIpc) is 3.14. The van der Waals surface area contributed by atoms with Crippen LogP contribution in [0.4, 0.5) is 0 Å². The molecule has 382 valence electrons. The second-order valence-electron chi connectivity index (χ2n) is 21.3. The van der Waals surface area contributed by atoms with E-state index in [-0.39, 0.29) is 0 Å². The Morgan fingerprint density at radius 2 is 0.585 bits per heavy atom. The summed E-state index contributed by atoms with van der Waals surface area (Å²) in [6, 6.07) is 105. The zero-order chi connectivity index (χ0) is 53.8. The van der Waals surface area contributed by atoms with Gasteiger partial charge < -0.3 is 18.3 Å². The second-order valence-corrected chi connectivity index (χ2v) is 21.3. The zero-order valence-electron chi connectivity index (χ0n) is 44.4. The van der Waals surface area contributed by atoms with Crippen LogP contribution in [0.15, 0.2) is 291 Å². The van der Waals surface area contributed by atoms with Crippen molar-refractivity contribution in [2.45, 2.75) is 0 Å². The van der Waals surface area contributed by atoms with Crippen molar-refractivity contribution in [3.05, 3.63) is 291 Å². The Balaban J connectivity index is 1.01. The van der Waals surface area contributed by atoms with E-state index < -0.39 is 0 Å². The van der Waals surface area contributed by atoms with Crippen LogP contribution in [0, 0.1) is 0 Å². The lowest BCUT2D eigenvalue weighted by molar-refractivity contribution is 1.15. The first-order valence-electron chi connectivity index (χ1n) is 28.0. The van der Waals surface area contributed by atoms with Gasteiger partial charge in [-0.25, -0.2) is 9.97 Å². The molecule has 0 fully saturated rings. The maximum atomic E-state index is 5.60. The molecule has 0 saturated carbocycles. The summed E-state index contributed by atoms with van der Waals surface area (Å²) in [4.78, 5) is 10.9. The number of rotatable bonds is 8. The number of fused-ring (bicyclic) bond motifs is 12. The number of nitrogens with zero attached hydrogens (tertiary/aromatic N) is 6. The van der Waals surface area contributed by atoms with E-state index in [0.717, 1.165) is 95.1 Å². The number of para-hydroxylation sites is 7. The van der Waals surface area contributed by atoms with E-state index in [0.29, 0.717) is 5.82 Å². The molecule has 17 aromatic rings. The molecule has 0 atom stereocenters. The Kier molecular flexibility index (Phi) is 10.2. The van der Waals surface area contributed by atoms with Crippen molar-refractivity contribution in [2.24, 2.45) is 0 Å². The van der Waals surface area contributed by atoms with Crippen LogP contribution in [0.1, 0.15) is 0 Å². The van der Waals surface area contributed by atoms with Crippen molar-refractivity contribution in [2.75, 3.05) is 0 Å². The summed E-state index contributed by atoms with van der Waals surface area (Å²) in [7, 11) is 0. The van der Waals surface area contributed by atoms with Gasteiger partial charge in [0.1, 0.15) is 0 Å². The lowest BCUT2D eigenvalue weighted by Gasteiger charge is -2.22. The Morgan fingerprint density at radius 1 is 0.220 bits per heavy atom. The maximum Gasteiger partial charge on any atom is 0.160 e. The van der Waals surface area contributed by atoms with Crippen LogP contribution < -0.4 is 0 Å². The summed E-state index contributed by atoms with van der Waals surface area (Å²) in [6.07, 6.45) is 0. The third-order valence-corrected chi connectivity index (χ3v) is 16.8. The molecule has 0 spiro atoms. The summed E-state index contributed by atoms with van der Waals surface area (Å²) in [6.45, 7) is 0. The number of benzene rings is 12. The summed E-state index contributed by atoms with van der Waals surface area (Å²) < 4.78 is 9.86. The monoisotopic (exact) mass is 1040 g/mol. The molecule has 0 aliphatic rings. The van der Waals surface area contributed by atoms with E-state index in [9.17, 15) is 0 Å². The van der Waals surface area contributed by atoms with Crippen LogP contribution in [0.2, 0.25) is 0 Å². The highest BCUT2D eigenvalue weighted by Gasteiger charge is 2.27. The van der Waals surface area contributed by atoms with Crippen molar-refractivity contribution in [3.63, 3.8) is 0 Å². The van der Waals surface area contributed by atoms with Gasteiger partial charge in [0.2, 0.25) is 0 Å². The summed E-state index contributed by atoms with van der Waals surface area (Å²) in [5.74, 6) is 0.662. The third-order valence-electron chi connectivity index (χ3n) is 16.8. The van der Waals surface area contributed by atoms with Gasteiger partial charge in [0.25, 0.3) is 0 Å². The van der Waals surface area contributed by atoms with E-state index in [2.05, 4.69) is 303 Å². The van der Waals surface area contributed by atoms with Crippen LogP contribution in [0.5, 0.6) is 0 Å². The molecule has 6 nitrogen and oxygen atoms in total. The fraction of sp³-hybridized carbons (Fsp3) is 0. The van der Waals surface area contributed by atoms with E-state index in [1.165, 1.54) is 54.1 Å². The highest BCUT2D eigenvalue weighted by molar-refractivity contribution is 6.21. The van der Waals surface area contributed by atoms with Gasteiger partial charge in [-0.3, -0.25) is 0 Å². The fourth-order valence-electron chi connectivity index (χ4n) is 13.3. The third kappa shape index (κ3) is 6.95. The molecular weight excluding hydrogens is 997 g/mol. The minimum absolute atomic E-state index is 0.662. The number of hydrogen-bond acceptors (Lipinski definition) is 2. The smallest absolute Gasteiger partial charge is 0.160 e. The normalized spacial score (nSPS) is 11.9. The molecule has 0 bridgehead atoms. The molecule has 17 rings (SSSR count). The van der Waals surface area contributed by atoms with Gasteiger partial charge in [0.05, 0.1) is 66.9 Å². The molecule has 0 unspecified atom stereocenters. The van der Waals surface area contributed by atoms with Crippen molar-refractivity contribution in [1.82, 2.24) is 28.2 Å². The largest absolute Gasteiger partial charge is 0.309 e. The molecule has 5 aromatic heterocycles. The van der Waals surface area contributed by atoms with Crippen molar-refractivity contribution in [3.8, 4) is 67.8 Å². The van der Waals surface area contributed by atoms with Gasteiger partial charge >= 0.3 is 0 Å². The number of aromatic nitrogens is 6. The van der Waals surface area contributed by atoms with Crippen molar-refractivity contribution >= 4 is 87.2 Å². The summed E-state index contributed by atoms with van der Waals surface area (Å²) in [5.41, 5.74) is 20.2. The first-order chi connectivity index (χ1) is 40.7. The van der Waals surface area contributed by atoms with Gasteiger partial charge in [-0.2, -0.15) is 0 Å². The topological polar surface area (TPSA) is 45.5 Å². The van der Waals surface area contributed by atoms with E-state index in [4.69, 9.17) is 9.97 Å². The Morgan fingerprint density at radius 3 is 1.10 bits per heavy atom. The standard InChI is InChI=1S/C76H48N6/c1-5-24-49(25-6-1)63-46-64(78-76(77-63)50-26-7-2-8-27-50)57-37-23-43-70(82-68-41-21-16-35-56(68)62-45-60-54-33-14-19-39-66(54)80(72(60)48-74(62)82)52-30-11-4-12-31-52)75(57)58-36-17-22-42-69(58)81-67-40-20-15-34-55(67)61-44-59-53-32-13-18-38-65(53)79(71(59)47-73(61)81)51-28-9-3-10-29-51/h1-48H. The molecule has 0 aliphatic carbocycles. The molecule has 6 heteroatoms. The van der Waals surface area contributed by atoms with Crippen molar-refractivity contribution < 1.29 is 0 Å². The van der Waals surface area contributed by atoms with Crippen LogP contribution >= 0.6 is 0 Å². The lowest BCUT2D eigenvalue weighted by Crippen LogP contribution is -2.04. The van der Waals surface area contributed by atoms with Crippen molar-refractivity contribution in [1.29, 1.82) is 0 Å². The Labute approximate surface area is 471 Å². The fourth-order valence-corrected chi connectivity index (χ4v) is 13.3. The van der Waals surface area contributed by atoms with Gasteiger partial charge in [0, 0.05) is 82.3 Å². The molecule has 0 amide bonds. The summed E-state index contributed by atoms with van der Waals surface area (Å²) >= 11 is 0. The van der Waals surface area contributed by atoms with Gasteiger partial charge in [0.15, 0.2) is 5.82 Å². The predicted octanol–water partition coefficient (Wildman–Crippen LogP) is 19.5. The summed E-state index contributed by atoms with van der Waals surface area (Å²) in [5, 5.41) is 9.62. The van der Waals surface area contributed by atoms with Gasteiger partial charge in [-0.1, -0.05) is 200 Å². The molecule has 12 aromatic carbocycles. The van der Waals surface area contributed by atoms with E-state index in [1.807, 2.05) is 6.07 Å². The average molecular weight is 1050 g/mol. The number of hydrogen-bond donors (Lipinski definition) is 0. The Bertz CT molecular complexity index is 5320. The molecule has 0 aliphatic heterocycles. The lowest BCUT2D eigenvalue weighted by atomic mass is 9.93. The molecule has 0 saturated heterocycles. The minimum Gasteiger partial charge on any atom is -0.309 e. The minimum atomic E-state index is 0.662. The van der Waals surface area contributed by atoms with Crippen LogP contribution in [0.3, 0.4) is 0 Å². The molecule has 82 heavy (non-hydrogen) atoms. The predicted molar refractivity (Wildman–Crippen MR) is 341 cm³/mol. The molecule has 5 heterocycles. The van der Waals surface area contributed by atoms with Crippen LogP contribution in [0.25, 0.3) is 155 Å². The molecule has 0 N–H and O–H groups in total. The highest BCUT2D eigenvalue weighted by atomic mass is 15.0. The maximum absolute atomic E-state index is 5.60. The first-order valence-corrected chi connectivity index (χ1v) is 28.0. The van der Waals surface area contributed by atoms with Gasteiger partial charge in [-0.15, -0.1) is 0 Å². The quantitative estimate of drug-likeness (QED) is 0.152. The Hall–Kier alpha value is -11.1. The second kappa shape index (κ2) is 18.2.